The summed E-state index contributed by atoms with van der Waals surface area (Å²) in [7, 11) is 0.921. The molecule has 82 valence electrons. The molecule has 0 saturated carbocycles. The molecule has 1 aromatic rings. The molecule has 0 aliphatic carbocycles. The highest BCUT2D eigenvalue weighted by Gasteiger charge is 2.42. The minimum atomic E-state index is -3.63. The van der Waals surface area contributed by atoms with Crippen LogP contribution in [0.4, 0.5) is 8.78 Å². The number of carbonyl (C=O) groups is 1. The van der Waals surface area contributed by atoms with Crippen molar-refractivity contribution in [2.24, 2.45) is 0 Å². The van der Waals surface area contributed by atoms with Gasteiger partial charge in [0, 0.05) is 14.5 Å². The monoisotopic (exact) mass is 342 g/mol. The zero-order valence-corrected chi connectivity index (χ0v) is 10.7. The summed E-state index contributed by atoms with van der Waals surface area (Å²) in [5.74, 6) is -5.20. The lowest BCUT2D eigenvalue weighted by Crippen LogP contribution is -2.27. The molecule has 0 aliphatic rings. The quantitative estimate of drug-likeness (QED) is 0.768. The molecule has 0 atom stereocenters. The third-order valence-corrected chi connectivity index (χ3v) is 3.60. The molecular weight excluding hydrogens is 338 g/mol. The molecule has 0 unspecified atom stereocenters. The smallest absolute Gasteiger partial charge is 0.381 e. The van der Waals surface area contributed by atoms with Crippen molar-refractivity contribution in [1.82, 2.24) is 0 Å². The standard InChI is InChI=1S/C9H6Br2F2O2/c1-15-8(14)9(12,13)5-2-3-6(10)7(11)4-5/h2-4H,1H3. The lowest BCUT2D eigenvalue weighted by Gasteiger charge is -2.14. The second-order valence-electron chi connectivity index (χ2n) is 2.69. The maximum absolute atomic E-state index is 13.4. The highest BCUT2D eigenvalue weighted by Crippen LogP contribution is 2.33. The van der Waals surface area contributed by atoms with Crippen molar-refractivity contribution in [3.8, 4) is 0 Å². The van der Waals surface area contributed by atoms with Gasteiger partial charge in [-0.15, -0.1) is 0 Å². The van der Waals surface area contributed by atoms with E-state index in [9.17, 15) is 13.6 Å². The van der Waals surface area contributed by atoms with Crippen molar-refractivity contribution in [3.05, 3.63) is 32.7 Å². The lowest BCUT2D eigenvalue weighted by molar-refractivity contribution is -0.170. The van der Waals surface area contributed by atoms with Crippen LogP contribution in [0.3, 0.4) is 0 Å². The van der Waals surface area contributed by atoms with Gasteiger partial charge in [-0.1, -0.05) is 6.07 Å². The molecule has 0 bridgehead atoms. The molecule has 2 nitrogen and oxygen atoms in total. The fourth-order valence-electron chi connectivity index (χ4n) is 0.937. The number of hydrogen-bond acceptors (Lipinski definition) is 2. The summed E-state index contributed by atoms with van der Waals surface area (Å²) in [5.41, 5.74) is -0.413. The number of carbonyl (C=O) groups excluding carboxylic acids is 1. The van der Waals surface area contributed by atoms with E-state index in [0.717, 1.165) is 13.2 Å². The SMILES string of the molecule is COC(=O)C(F)(F)c1ccc(Br)c(Br)c1. The lowest BCUT2D eigenvalue weighted by atomic mass is 10.1. The van der Waals surface area contributed by atoms with Gasteiger partial charge in [0.15, 0.2) is 0 Å². The van der Waals surface area contributed by atoms with E-state index in [0.29, 0.717) is 8.95 Å². The molecule has 6 heteroatoms. The summed E-state index contributed by atoms with van der Waals surface area (Å²) >= 11 is 6.22. The van der Waals surface area contributed by atoms with Gasteiger partial charge >= 0.3 is 11.9 Å². The minimum absolute atomic E-state index is 0.413. The zero-order valence-electron chi connectivity index (χ0n) is 7.56. The summed E-state index contributed by atoms with van der Waals surface area (Å²) < 4.78 is 31.8. The van der Waals surface area contributed by atoms with Crippen LogP contribution in [0, 0.1) is 0 Å². The third kappa shape index (κ3) is 2.55. The van der Waals surface area contributed by atoms with Gasteiger partial charge in [-0.25, -0.2) is 4.79 Å². The number of halogens is 4. The summed E-state index contributed by atoms with van der Waals surface area (Å²) in [6.45, 7) is 0. The van der Waals surface area contributed by atoms with Crippen LogP contribution in [-0.2, 0) is 15.5 Å². The number of benzene rings is 1. The molecule has 0 heterocycles. The van der Waals surface area contributed by atoms with Gasteiger partial charge in [-0.2, -0.15) is 8.78 Å². The van der Waals surface area contributed by atoms with Gasteiger partial charge in [-0.05, 0) is 44.0 Å². The first-order chi connectivity index (χ1) is 6.89. The van der Waals surface area contributed by atoms with Crippen molar-refractivity contribution in [2.75, 3.05) is 7.11 Å². The Balaban J connectivity index is 3.16. The molecule has 1 aromatic carbocycles. The number of methoxy groups -OCH3 is 1. The van der Waals surface area contributed by atoms with E-state index in [2.05, 4.69) is 36.6 Å². The first-order valence-electron chi connectivity index (χ1n) is 3.81. The largest absolute Gasteiger partial charge is 0.464 e. The van der Waals surface area contributed by atoms with E-state index in [-0.39, 0.29) is 0 Å². The first-order valence-corrected chi connectivity index (χ1v) is 5.40. The molecule has 0 N–H and O–H groups in total. The fourth-order valence-corrected chi connectivity index (χ4v) is 1.56. The van der Waals surface area contributed by atoms with Crippen LogP contribution in [0.1, 0.15) is 5.56 Å². The van der Waals surface area contributed by atoms with E-state index in [1.54, 1.807) is 0 Å². The van der Waals surface area contributed by atoms with Crippen molar-refractivity contribution >= 4 is 37.8 Å². The average molecular weight is 344 g/mol. The Morgan fingerprint density at radius 3 is 2.40 bits per heavy atom. The number of esters is 1. The number of alkyl halides is 2. The molecule has 0 radical (unpaired) electrons. The molecular formula is C9H6Br2F2O2. The van der Waals surface area contributed by atoms with Crippen molar-refractivity contribution < 1.29 is 18.3 Å². The molecule has 0 aromatic heterocycles. The maximum atomic E-state index is 13.4. The summed E-state index contributed by atoms with van der Waals surface area (Å²) in [5, 5.41) is 0. The van der Waals surface area contributed by atoms with Crippen LogP contribution in [0.5, 0.6) is 0 Å². The molecule has 0 fully saturated rings. The molecule has 1 rings (SSSR count). The maximum Gasteiger partial charge on any atom is 0.381 e. The number of rotatable bonds is 2. The van der Waals surface area contributed by atoms with Gasteiger partial charge < -0.3 is 4.74 Å². The van der Waals surface area contributed by atoms with E-state index < -0.39 is 17.5 Å². The van der Waals surface area contributed by atoms with Crippen molar-refractivity contribution in [3.63, 3.8) is 0 Å². The predicted molar refractivity (Wildman–Crippen MR) is 57.8 cm³/mol. The van der Waals surface area contributed by atoms with Crippen LogP contribution >= 0.6 is 31.9 Å². The van der Waals surface area contributed by atoms with Crippen molar-refractivity contribution in [2.45, 2.75) is 5.92 Å². The molecule has 15 heavy (non-hydrogen) atoms. The van der Waals surface area contributed by atoms with E-state index in [4.69, 9.17) is 0 Å². The van der Waals surface area contributed by atoms with E-state index >= 15 is 0 Å². The second kappa shape index (κ2) is 4.57. The topological polar surface area (TPSA) is 26.3 Å². The predicted octanol–water partition coefficient (Wildman–Crippen LogP) is 3.48. The summed E-state index contributed by atoms with van der Waals surface area (Å²) in [4.78, 5) is 10.8. The van der Waals surface area contributed by atoms with Gasteiger partial charge in [-0.3, -0.25) is 0 Å². The van der Waals surface area contributed by atoms with Gasteiger partial charge in [0.25, 0.3) is 0 Å². The Labute approximate surface area is 102 Å². The highest BCUT2D eigenvalue weighted by atomic mass is 79.9. The Morgan fingerprint density at radius 1 is 1.33 bits per heavy atom. The van der Waals surface area contributed by atoms with E-state index in [1.807, 2.05) is 0 Å². The fraction of sp³-hybridized carbons (Fsp3) is 0.222. The third-order valence-electron chi connectivity index (χ3n) is 1.72. The Hall–Kier alpha value is -0.490. The molecule has 0 saturated heterocycles. The molecule has 0 spiro atoms. The van der Waals surface area contributed by atoms with Gasteiger partial charge in [0.2, 0.25) is 0 Å². The van der Waals surface area contributed by atoms with Crippen LogP contribution < -0.4 is 0 Å². The van der Waals surface area contributed by atoms with Crippen LogP contribution in [-0.4, -0.2) is 13.1 Å². The molecule has 0 amide bonds. The van der Waals surface area contributed by atoms with Crippen LogP contribution in [0.25, 0.3) is 0 Å². The first kappa shape index (κ1) is 12.6. The minimum Gasteiger partial charge on any atom is -0.464 e. The van der Waals surface area contributed by atoms with E-state index in [1.165, 1.54) is 12.1 Å². The van der Waals surface area contributed by atoms with Crippen LogP contribution in [0.2, 0.25) is 0 Å². The van der Waals surface area contributed by atoms with Crippen molar-refractivity contribution in [1.29, 1.82) is 0 Å². The van der Waals surface area contributed by atoms with Crippen LogP contribution in [0.15, 0.2) is 27.1 Å². The summed E-state index contributed by atoms with van der Waals surface area (Å²) in [6, 6.07) is 3.75. The average Bonchev–Trinajstić information content (AvgIpc) is 2.20. The highest BCUT2D eigenvalue weighted by molar-refractivity contribution is 9.13. The second-order valence-corrected chi connectivity index (χ2v) is 4.40. The zero-order chi connectivity index (χ0) is 11.6. The Morgan fingerprint density at radius 2 is 1.93 bits per heavy atom. The summed E-state index contributed by atoms with van der Waals surface area (Å²) in [6.07, 6.45) is 0. The Bertz CT molecular complexity index is 394. The number of hydrogen-bond donors (Lipinski definition) is 0. The number of ether oxygens (including phenoxy) is 1. The van der Waals surface area contributed by atoms with Gasteiger partial charge in [0.1, 0.15) is 0 Å². The molecule has 0 aliphatic heterocycles. The van der Waals surface area contributed by atoms with Gasteiger partial charge in [0.05, 0.1) is 7.11 Å². The Kier molecular flexibility index (Phi) is 3.83. The normalized spacial score (nSPS) is 11.3.